The molecule has 1 aromatic carbocycles. The Hall–Kier alpha value is -2.36. The first-order valence-corrected chi connectivity index (χ1v) is 5.42. The quantitative estimate of drug-likeness (QED) is 0.726. The lowest BCUT2D eigenvalue weighted by molar-refractivity contribution is 0.768. The van der Waals surface area contributed by atoms with E-state index in [1.54, 1.807) is 10.9 Å². The minimum absolute atomic E-state index is 1.02. The lowest BCUT2D eigenvalue weighted by Crippen LogP contribution is -1.84. The molecule has 0 unspecified atom stereocenters. The van der Waals surface area contributed by atoms with Crippen LogP contribution in [0, 0.1) is 0 Å². The van der Waals surface area contributed by atoms with Gasteiger partial charge < -0.3 is 0 Å². The van der Waals surface area contributed by atoms with Crippen LogP contribution >= 0.6 is 0 Å². The first-order valence-electron chi connectivity index (χ1n) is 5.42. The molecular weight excluding hydrogens is 212 g/mol. The van der Waals surface area contributed by atoms with Crippen molar-refractivity contribution in [2.75, 3.05) is 0 Å². The highest BCUT2D eigenvalue weighted by molar-refractivity contribution is 5.70. The summed E-state index contributed by atoms with van der Waals surface area (Å²) in [7, 11) is 1.92. The average Bonchev–Trinajstić information content (AvgIpc) is 3.00. The minimum Gasteiger partial charge on any atom is -0.278 e. The summed E-state index contributed by atoms with van der Waals surface area (Å²) >= 11 is 0. The van der Waals surface area contributed by atoms with Gasteiger partial charge in [-0.15, -0.1) is 0 Å². The van der Waals surface area contributed by atoms with E-state index < -0.39 is 0 Å². The van der Waals surface area contributed by atoms with E-state index in [2.05, 4.69) is 33.5 Å². The number of aryl methyl sites for hydroxylation is 1. The lowest BCUT2D eigenvalue weighted by atomic mass is 10.0. The van der Waals surface area contributed by atoms with Crippen molar-refractivity contribution in [3.05, 3.63) is 48.9 Å². The molecule has 84 valence electrons. The molecule has 3 aromatic rings. The standard InChI is InChI=1S/C13H12N4/c1-17-9-12(8-15-17)10-3-2-4-11(7-10)13-5-6-14-16-13/h2-9H,1H3,(H,14,16). The summed E-state index contributed by atoms with van der Waals surface area (Å²) in [6.07, 6.45) is 5.63. The number of aromatic nitrogens is 4. The number of aromatic amines is 1. The molecule has 0 spiro atoms. The molecule has 0 fully saturated rings. The molecule has 0 atom stereocenters. The second-order valence-electron chi connectivity index (χ2n) is 3.95. The van der Waals surface area contributed by atoms with Crippen molar-refractivity contribution in [1.82, 2.24) is 20.0 Å². The van der Waals surface area contributed by atoms with Crippen LogP contribution in [0.15, 0.2) is 48.9 Å². The Morgan fingerprint density at radius 1 is 1.12 bits per heavy atom. The van der Waals surface area contributed by atoms with Gasteiger partial charge in [0.25, 0.3) is 0 Å². The summed E-state index contributed by atoms with van der Waals surface area (Å²) in [5.41, 5.74) is 4.43. The summed E-state index contributed by atoms with van der Waals surface area (Å²) in [5.74, 6) is 0. The van der Waals surface area contributed by atoms with Gasteiger partial charge in [-0.25, -0.2) is 0 Å². The van der Waals surface area contributed by atoms with Crippen molar-refractivity contribution < 1.29 is 0 Å². The van der Waals surface area contributed by atoms with E-state index in [0.717, 1.165) is 22.4 Å². The Balaban J connectivity index is 2.05. The van der Waals surface area contributed by atoms with Crippen LogP contribution < -0.4 is 0 Å². The maximum absolute atomic E-state index is 4.18. The molecule has 17 heavy (non-hydrogen) atoms. The van der Waals surface area contributed by atoms with E-state index in [1.807, 2.05) is 31.6 Å². The molecule has 0 aliphatic heterocycles. The predicted molar refractivity (Wildman–Crippen MR) is 66.2 cm³/mol. The van der Waals surface area contributed by atoms with E-state index >= 15 is 0 Å². The third kappa shape index (κ3) is 1.85. The van der Waals surface area contributed by atoms with Crippen molar-refractivity contribution in [3.8, 4) is 22.4 Å². The Morgan fingerprint density at radius 2 is 2.00 bits per heavy atom. The van der Waals surface area contributed by atoms with Crippen LogP contribution in [0.5, 0.6) is 0 Å². The van der Waals surface area contributed by atoms with E-state index in [0.29, 0.717) is 0 Å². The summed E-state index contributed by atoms with van der Waals surface area (Å²) in [4.78, 5) is 0. The maximum Gasteiger partial charge on any atom is 0.0650 e. The van der Waals surface area contributed by atoms with Crippen LogP contribution in [0.1, 0.15) is 0 Å². The first-order chi connectivity index (χ1) is 8.33. The van der Waals surface area contributed by atoms with Crippen molar-refractivity contribution in [2.45, 2.75) is 0 Å². The SMILES string of the molecule is Cn1cc(-c2cccc(-c3ccn[nH]3)c2)cn1. The van der Waals surface area contributed by atoms with Gasteiger partial charge in [-0.05, 0) is 17.7 Å². The Morgan fingerprint density at radius 3 is 2.71 bits per heavy atom. The van der Waals surface area contributed by atoms with Gasteiger partial charge in [0.2, 0.25) is 0 Å². The zero-order valence-corrected chi connectivity index (χ0v) is 9.46. The van der Waals surface area contributed by atoms with Crippen molar-refractivity contribution >= 4 is 0 Å². The molecule has 1 N–H and O–H groups in total. The third-order valence-corrected chi connectivity index (χ3v) is 2.71. The third-order valence-electron chi connectivity index (χ3n) is 2.71. The fourth-order valence-corrected chi connectivity index (χ4v) is 1.85. The topological polar surface area (TPSA) is 46.5 Å². The van der Waals surface area contributed by atoms with E-state index in [9.17, 15) is 0 Å². The fourth-order valence-electron chi connectivity index (χ4n) is 1.85. The summed E-state index contributed by atoms with van der Waals surface area (Å²) in [6, 6.07) is 10.3. The Kier molecular flexibility index (Phi) is 2.26. The molecule has 0 amide bonds. The average molecular weight is 224 g/mol. The summed E-state index contributed by atoms with van der Waals surface area (Å²) in [6.45, 7) is 0. The molecular formula is C13H12N4. The number of benzene rings is 1. The monoisotopic (exact) mass is 224 g/mol. The van der Waals surface area contributed by atoms with Gasteiger partial charge in [0.15, 0.2) is 0 Å². The second-order valence-corrected chi connectivity index (χ2v) is 3.95. The number of nitrogens with one attached hydrogen (secondary N) is 1. The van der Waals surface area contributed by atoms with Gasteiger partial charge in [0.05, 0.1) is 11.9 Å². The van der Waals surface area contributed by atoms with Gasteiger partial charge in [-0.2, -0.15) is 10.2 Å². The van der Waals surface area contributed by atoms with E-state index in [4.69, 9.17) is 0 Å². The molecule has 3 rings (SSSR count). The van der Waals surface area contributed by atoms with Crippen molar-refractivity contribution in [1.29, 1.82) is 0 Å². The van der Waals surface area contributed by atoms with Crippen molar-refractivity contribution in [2.24, 2.45) is 7.05 Å². The van der Waals surface area contributed by atoms with Gasteiger partial charge >= 0.3 is 0 Å². The maximum atomic E-state index is 4.18. The molecule has 0 saturated heterocycles. The zero-order valence-electron chi connectivity index (χ0n) is 9.46. The molecule has 4 heteroatoms. The molecule has 0 aliphatic rings. The van der Waals surface area contributed by atoms with Crippen LogP contribution in [0.2, 0.25) is 0 Å². The first kappa shape index (κ1) is 9.84. The molecule has 2 aromatic heterocycles. The summed E-state index contributed by atoms with van der Waals surface area (Å²) < 4.78 is 1.80. The highest BCUT2D eigenvalue weighted by Gasteiger charge is 2.03. The van der Waals surface area contributed by atoms with Crippen LogP contribution in [0.4, 0.5) is 0 Å². The molecule has 2 heterocycles. The number of H-pyrrole nitrogens is 1. The molecule has 4 nitrogen and oxygen atoms in total. The fraction of sp³-hybridized carbons (Fsp3) is 0.0769. The number of nitrogens with zero attached hydrogens (tertiary/aromatic N) is 3. The smallest absolute Gasteiger partial charge is 0.0650 e. The Bertz CT molecular complexity index is 622. The highest BCUT2D eigenvalue weighted by Crippen LogP contribution is 2.24. The Labute approximate surface area is 98.9 Å². The second kappa shape index (κ2) is 3.90. The number of hydrogen-bond acceptors (Lipinski definition) is 2. The summed E-state index contributed by atoms with van der Waals surface area (Å²) in [5, 5.41) is 11.1. The van der Waals surface area contributed by atoms with Crippen molar-refractivity contribution in [3.63, 3.8) is 0 Å². The predicted octanol–water partition coefficient (Wildman–Crippen LogP) is 2.48. The van der Waals surface area contributed by atoms with Crippen LogP contribution in [-0.2, 0) is 7.05 Å². The molecule has 0 bridgehead atoms. The number of rotatable bonds is 2. The van der Waals surface area contributed by atoms with Gasteiger partial charge in [0.1, 0.15) is 0 Å². The van der Waals surface area contributed by atoms with E-state index in [1.165, 1.54) is 0 Å². The van der Waals surface area contributed by atoms with Gasteiger partial charge in [0, 0.05) is 30.6 Å². The largest absolute Gasteiger partial charge is 0.278 e. The van der Waals surface area contributed by atoms with E-state index in [-0.39, 0.29) is 0 Å². The normalized spacial score (nSPS) is 10.6. The molecule has 0 saturated carbocycles. The van der Waals surface area contributed by atoms with Gasteiger partial charge in [-0.1, -0.05) is 18.2 Å². The van der Waals surface area contributed by atoms with Crippen LogP contribution in [0.3, 0.4) is 0 Å². The highest BCUT2D eigenvalue weighted by atomic mass is 15.2. The number of hydrogen-bond donors (Lipinski definition) is 1. The molecule has 0 radical (unpaired) electrons. The minimum atomic E-state index is 1.02. The molecule has 0 aliphatic carbocycles. The zero-order chi connectivity index (χ0) is 11.7. The van der Waals surface area contributed by atoms with Crippen LogP contribution in [-0.4, -0.2) is 20.0 Å². The van der Waals surface area contributed by atoms with Crippen LogP contribution in [0.25, 0.3) is 22.4 Å². The van der Waals surface area contributed by atoms with Gasteiger partial charge in [-0.3, -0.25) is 9.78 Å². The lowest BCUT2D eigenvalue weighted by Gasteiger charge is -2.01.